The first-order valence-electron chi connectivity index (χ1n) is 6.76. The SMILES string of the molecule is Brc1ccc(-c2cnc(CNCc3ccccc3)s2)cc1. The third-order valence-corrected chi connectivity index (χ3v) is 4.71. The Morgan fingerprint density at radius 3 is 2.48 bits per heavy atom. The van der Waals surface area contributed by atoms with Crippen molar-refractivity contribution in [2.75, 3.05) is 0 Å². The van der Waals surface area contributed by atoms with E-state index in [0.29, 0.717) is 0 Å². The first-order chi connectivity index (χ1) is 10.3. The molecule has 106 valence electrons. The van der Waals surface area contributed by atoms with Crippen molar-refractivity contribution >= 4 is 27.3 Å². The van der Waals surface area contributed by atoms with Crippen LogP contribution in [-0.4, -0.2) is 4.98 Å². The van der Waals surface area contributed by atoms with Gasteiger partial charge in [0, 0.05) is 23.8 Å². The maximum absolute atomic E-state index is 4.49. The van der Waals surface area contributed by atoms with Gasteiger partial charge < -0.3 is 5.32 Å². The van der Waals surface area contributed by atoms with Crippen LogP contribution in [0.25, 0.3) is 10.4 Å². The van der Waals surface area contributed by atoms with Gasteiger partial charge in [-0.15, -0.1) is 11.3 Å². The summed E-state index contributed by atoms with van der Waals surface area (Å²) in [5.41, 5.74) is 2.51. The summed E-state index contributed by atoms with van der Waals surface area (Å²) < 4.78 is 1.10. The fourth-order valence-electron chi connectivity index (χ4n) is 2.05. The zero-order valence-corrected chi connectivity index (χ0v) is 13.8. The van der Waals surface area contributed by atoms with Crippen molar-refractivity contribution in [1.29, 1.82) is 0 Å². The van der Waals surface area contributed by atoms with Crippen LogP contribution in [0.4, 0.5) is 0 Å². The molecule has 0 saturated heterocycles. The highest BCUT2D eigenvalue weighted by Gasteiger charge is 2.04. The quantitative estimate of drug-likeness (QED) is 0.704. The summed E-state index contributed by atoms with van der Waals surface area (Å²) in [6, 6.07) is 18.7. The van der Waals surface area contributed by atoms with Crippen LogP contribution < -0.4 is 5.32 Å². The molecule has 3 aromatic rings. The highest BCUT2D eigenvalue weighted by molar-refractivity contribution is 9.10. The van der Waals surface area contributed by atoms with Gasteiger partial charge in [-0.1, -0.05) is 58.4 Å². The molecule has 1 N–H and O–H groups in total. The maximum Gasteiger partial charge on any atom is 0.107 e. The second-order valence-electron chi connectivity index (χ2n) is 4.71. The van der Waals surface area contributed by atoms with E-state index in [9.17, 15) is 0 Å². The van der Waals surface area contributed by atoms with Crippen LogP contribution in [0.3, 0.4) is 0 Å². The molecule has 1 aromatic heterocycles. The lowest BCUT2D eigenvalue weighted by molar-refractivity contribution is 0.690. The Kier molecular flexibility index (Phi) is 4.80. The van der Waals surface area contributed by atoms with Crippen LogP contribution in [0.2, 0.25) is 0 Å². The number of nitrogens with one attached hydrogen (secondary N) is 1. The second kappa shape index (κ2) is 6.98. The van der Waals surface area contributed by atoms with E-state index in [0.717, 1.165) is 22.6 Å². The molecule has 0 unspecified atom stereocenters. The van der Waals surface area contributed by atoms with Gasteiger partial charge in [-0.25, -0.2) is 4.98 Å². The molecule has 1 heterocycles. The van der Waals surface area contributed by atoms with Crippen molar-refractivity contribution in [2.45, 2.75) is 13.1 Å². The molecule has 0 amide bonds. The van der Waals surface area contributed by atoms with Crippen LogP contribution in [0.15, 0.2) is 65.3 Å². The lowest BCUT2D eigenvalue weighted by atomic mass is 10.2. The van der Waals surface area contributed by atoms with Crippen LogP contribution in [0.5, 0.6) is 0 Å². The molecular formula is C17H15BrN2S. The number of hydrogen-bond acceptors (Lipinski definition) is 3. The number of benzene rings is 2. The standard InChI is InChI=1S/C17H15BrN2S/c18-15-8-6-14(7-9-15)16-11-20-17(21-16)12-19-10-13-4-2-1-3-5-13/h1-9,11,19H,10,12H2. The predicted octanol–water partition coefficient (Wildman–Crippen LogP) is 4.86. The fraction of sp³-hybridized carbons (Fsp3) is 0.118. The van der Waals surface area contributed by atoms with E-state index in [1.165, 1.54) is 16.0 Å². The van der Waals surface area contributed by atoms with Crippen molar-refractivity contribution in [3.8, 4) is 10.4 Å². The maximum atomic E-state index is 4.49. The average Bonchev–Trinajstić information content (AvgIpc) is 2.98. The monoisotopic (exact) mass is 358 g/mol. The average molecular weight is 359 g/mol. The van der Waals surface area contributed by atoms with E-state index >= 15 is 0 Å². The summed E-state index contributed by atoms with van der Waals surface area (Å²) >= 11 is 5.20. The molecule has 0 aliphatic rings. The Labute approximate surface area is 137 Å². The van der Waals surface area contributed by atoms with Gasteiger partial charge >= 0.3 is 0 Å². The molecule has 4 heteroatoms. The molecular weight excluding hydrogens is 344 g/mol. The van der Waals surface area contributed by atoms with Gasteiger partial charge in [0.05, 0.1) is 4.88 Å². The van der Waals surface area contributed by atoms with Crippen LogP contribution in [-0.2, 0) is 13.1 Å². The number of halogens is 1. The smallest absolute Gasteiger partial charge is 0.107 e. The first kappa shape index (κ1) is 14.4. The Morgan fingerprint density at radius 2 is 1.71 bits per heavy atom. The molecule has 0 fully saturated rings. The Bertz CT molecular complexity index is 692. The Morgan fingerprint density at radius 1 is 0.952 bits per heavy atom. The van der Waals surface area contributed by atoms with Crippen molar-refractivity contribution in [2.24, 2.45) is 0 Å². The summed E-state index contributed by atoms with van der Waals surface area (Å²) in [6.07, 6.45) is 1.95. The molecule has 0 spiro atoms. The lowest BCUT2D eigenvalue weighted by Crippen LogP contribution is -2.12. The topological polar surface area (TPSA) is 24.9 Å². The number of rotatable bonds is 5. The highest BCUT2D eigenvalue weighted by atomic mass is 79.9. The minimum atomic E-state index is 0.802. The van der Waals surface area contributed by atoms with E-state index in [1.54, 1.807) is 11.3 Å². The van der Waals surface area contributed by atoms with Gasteiger partial charge in [0.1, 0.15) is 5.01 Å². The van der Waals surface area contributed by atoms with Crippen molar-refractivity contribution in [1.82, 2.24) is 10.3 Å². The molecule has 0 radical (unpaired) electrons. The third-order valence-electron chi connectivity index (χ3n) is 3.13. The van der Waals surface area contributed by atoms with Gasteiger partial charge in [0.15, 0.2) is 0 Å². The molecule has 2 nitrogen and oxygen atoms in total. The summed E-state index contributed by atoms with van der Waals surface area (Å²) in [5, 5.41) is 4.55. The first-order valence-corrected chi connectivity index (χ1v) is 8.37. The van der Waals surface area contributed by atoms with E-state index in [2.05, 4.69) is 74.8 Å². The van der Waals surface area contributed by atoms with Gasteiger partial charge in [-0.3, -0.25) is 0 Å². The Balaban J connectivity index is 1.59. The summed E-state index contributed by atoms with van der Waals surface area (Å²) in [4.78, 5) is 5.70. The van der Waals surface area contributed by atoms with E-state index < -0.39 is 0 Å². The van der Waals surface area contributed by atoms with E-state index in [4.69, 9.17) is 0 Å². The number of nitrogens with zero attached hydrogens (tertiary/aromatic N) is 1. The molecule has 0 atom stereocenters. The molecule has 0 aliphatic heterocycles. The normalized spacial score (nSPS) is 10.7. The van der Waals surface area contributed by atoms with Crippen molar-refractivity contribution in [3.63, 3.8) is 0 Å². The summed E-state index contributed by atoms with van der Waals surface area (Å²) in [6.45, 7) is 1.67. The molecule has 0 saturated carbocycles. The Hall–Kier alpha value is -1.49. The van der Waals surface area contributed by atoms with Gasteiger partial charge in [0.25, 0.3) is 0 Å². The van der Waals surface area contributed by atoms with E-state index in [1.807, 2.05) is 12.3 Å². The number of aromatic nitrogens is 1. The largest absolute Gasteiger partial charge is 0.306 e. The van der Waals surface area contributed by atoms with Crippen molar-refractivity contribution in [3.05, 3.63) is 75.8 Å². The fourth-order valence-corrected chi connectivity index (χ4v) is 3.21. The highest BCUT2D eigenvalue weighted by Crippen LogP contribution is 2.27. The minimum Gasteiger partial charge on any atom is -0.306 e. The second-order valence-corrected chi connectivity index (χ2v) is 6.75. The van der Waals surface area contributed by atoms with Crippen LogP contribution >= 0.6 is 27.3 Å². The summed E-state index contributed by atoms with van der Waals surface area (Å²) in [7, 11) is 0. The molecule has 0 bridgehead atoms. The van der Waals surface area contributed by atoms with E-state index in [-0.39, 0.29) is 0 Å². The lowest BCUT2D eigenvalue weighted by Gasteiger charge is -2.02. The third kappa shape index (κ3) is 4.00. The molecule has 21 heavy (non-hydrogen) atoms. The van der Waals surface area contributed by atoms with Crippen LogP contribution in [0.1, 0.15) is 10.6 Å². The zero-order valence-electron chi connectivity index (χ0n) is 11.4. The number of hydrogen-bond donors (Lipinski definition) is 1. The van der Waals surface area contributed by atoms with Crippen molar-refractivity contribution < 1.29 is 0 Å². The van der Waals surface area contributed by atoms with Gasteiger partial charge in [0.2, 0.25) is 0 Å². The predicted molar refractivity (Wildman–Crippen MR) is 92.2 cm³/mol. The molecule has 3 rings (SSSR count). The molecule has 2 aromatic carbocycles. The summed E-state index contributed by atoms with van der Waals surface area (Å²) in [5.74, 6) is 0. The minimum absolute atomic E-state index is 0.802. The van der Waals surface area contributed by atoms with Crippen LogP contribution in [0, 0.1) is 0 Å². The van der Waals surface area contributed by atoms with Gasteiger partial charge in [-0.05, 0) is 23.3 Å². The number of thiazole rings is 1. The molecule has 0 aliphatic carbocycles. The van der Waals surface area contributed by atoms with Gasteiger partial charge in [-0.2, -0.15) is 0 Å². The zero-order chi connectivity index (χ0) is 14.5.